The van der Waals surface area contributed by atoms with E-state index in [-0.39, 0.29) is 0 Å². The van der Waals surface area contributed by atoms with Gasteiger partial charge in [-0.15, -0.1) is 0 Å². The van der Waals surface area contributed by atoms with Gasteiger partial charge in [-0.05, 0) is 18.9 Å². The van der Waals surface area contributed by atoms with Crippen LogP contribution in [0, 0.1) is 6.92 Å². The number of alkyl halides is 3. The molecule has 3 nitrogen and oxygen atoms in total. The number of rotatable bonds is 6. The Hall–Kier alpha value is -1.67. The Morgan fingerprint density at radius 1 is 0.885 bits per heavy atom. The van der Waals surface area contributed by atoms with Crippen molar-refractivity contribution < 1.29 is 26.4 Å². The zero-order chi connectivity index (χ0) is 19.6. The summed E-state index contributed by atoms with van der Waals surface area (Å²) in [7, 11) is -0.896. The molecule has 0 N–H and O–H groups in total. The highest BCUT2D eigenvalue weighted by molar-refractivity contribution is 6.75. The number of hydrogen-bond donors (Lipinski definition) is 0. The van der Waals surface area contributed by atoms with Crippen LogP contribution in [0.5, 0.6) is 0 Å². The van der Waals surface area contributed by atoms with E-state index in [0.29, 0.717) is 5.19 Å². The predicted molar refractivity (Wildman–Crippen MR) is 98.4 cm³/mol. The van der Waals surface area contributed by atoms with Gasteiger partial charge in [-0.25, -0.2) is 0 Å². The molecule has 0 heterocycles. The summed E-state index contributed by atoms with van der Waals surface area (Å²) in [6.07, 6.45) is -3.27. The van der Waals surface area contributed by atoms with Crippen LogP contribution in [-0.2, 0) is 19.7 Å². The van der Waals surface area contributed by atoms with Crippen molar-refractivity contribution in [2.75, 3.05) is 20.8 Å². The van der Waals surface area contributed by atoms with E-state index in [4.69, 9.17) is 13.3 Å². The molecule has 2 aromatic rings. The molecule has 2 rings (SSSR count). The molecular weight excluding hydrogens is 361 g/mol. The first kappa shape index (κ1) is 22.4. The van der Waals surface area contributed by atoms with Gasteiger partial charge in [0.25, 0.3) is 0 Å². The standard InChI is InChI=1S/C10H13F3O3Si.C9H12/c1-14-17(15-2,16-8-10(11,12)13)9-6-4-3-5-7-9;1-3-9-6-4-8(2)5-7-9/h3-7H,8H2,1-2H3;4-7H,3H2,1-2H3. The maximum atomic E-state index is 12.2. The van der Waals surface area contributed by atoms with E-state index in [1.807, 2.05) is 0 Å². The Labute approximate surface area is 154 Å². The average Bonchev–Trinajstić information content (AvgIpc) is 2.64. The minimum absolute atomic E-state index is 0.495. The summed E-state index contributed by atoms with van der Waals surface area (Å²) < 4.78 is 51.5. The van der Waals surface area contributed by atoms with Crippen molar-refractivity contribution in [2.24, 2.45) is 0 Å². The molecular formula is C19H25F3O3Si. The molecule has 0 saturated heterocycles. The molecule has 7 heteroatoms. The molecule has 0 radical (unpaired) electrons. The SMILES string of the molecule is CCc1ccc(C)cc1.CO[Si](OC)(OCC(F)(F)F)c1ccccc1. The molecule has 0 aromatic heterocycles. The lowest BCUT2D eigenvalue weighted by atomic mass is 10.1. The van der Waals surface area contributed by atoms with Gasteiger partial charge < -0.3 is 13.3 Å². The summed E-state index contributed by atoms with van der Waals surface area (Å²) in [6, 6.07) is 17.0. The van der Waals surface area contributed by atoms with E-state index in [1.54, 1.807) is 30.3 Å². The Balaban J connectivity index is 0.000000314. The van der Waals surface area contributed by atoms with Crippen LogP contribution < -0.4 is 5.19 Å². The first-order chi connectivity index (χ1) is 12.3. The minimum atomic E-state index is -4.41. The quantitative estimate of drug-likeness (QED) is 0.695. The van der Waals surface area contributed by atoms with Crippen LogP contribution in [0.2, 0.25) is 0 Å². The van der Waals surface area contributed by atoms with Crippen LogP contribution >= 0.6 is 0 Å². The van der Waals surface area contributed by atoms with E-state index in [2.05, 4.69) is 38.1 Å². The minimum Gasteiger partial charge on any atom is -0.373 e. The average molecular weight is 386 g/mol. The maximum absolute atomic E-state index is 12.2. The lowest BCUT2D eigenvalue weighted by Crippen LogP contribution is -2.56. The molecule has 0 atom stereocenters. The van der Waals surface area contributed by atoms with Crippen LogP contribution in [0.3, 0.4) is 0 Å². The van der Waals surface area contributed by atoms with Gasteiger partial charge in [0.1, 0.15) is 6.61 Å². The van der Waals surface area contributed by atoms with E-state index < -0.39 is 21.6 Å². The Morgan fingerprint density at radius 2 is 1.42 bits per heavy atom. The summed E-state index contributed by atoms with van der Waals surface area (Å²) in [5.74, 6) is 0. The van der Waals surface area contributed by atoms with Gasteiger partial charge in [-0.3, -0.25) is 0 Å². The fourth-order valence-corrected chi connectivity index (χ4v) is 4.16. The second kappa shape index (κ2) is 10.5. The van der Waals surface area contributed by atoms with Gasteiger partial charge in [0.15, 0.2) is 0 Å². The van der Waals surface area contributed by atoms with E-state index in [9.17, 15) is 13.2 Å². The zero-order valence-corrected chi connectivity index (χ0v) is 16.5. The summed E-state index contributed by atoms with van der Waals surface area (Å²) in [5, 5.41) is 0.495. The van der Waals surface area contributed by atoms with Crippen molar-refractivity contribution in [2.45, 2.75) is 26.4 Å². The predicted octanol–water partition coefficient (Wildman–Crippen LogP) is 4.26. The molecule has 0 bridgehead atoms. The van der Waals surface area contributed by atoms with Gasteiger partial charge in [0.05, 0.1) is 0 Å². The van der Waals surface area contributed by atoms with Gasteiger partial charge >= 0.3 is 15.0 Å². The van der Waals surface area contributed by atoms with Crippen LogP contribution in [0.15, 0.2) is 54.6 Å². The highest BCUT2D eigenvalue weighted by atomic mass is 28.4. The van der Waals surface area contributed by atoms with E-state index >= 15 is 0 Å². The number of aryl methyl sites for hydroxylation is 2. The van der Waals surface area contributed by atoms with Crippen LogP contribution in [0.1, 0.15) is 18.1 Å². The van der Waals surface area contributed by atoms with Gasteiger partial charge in [-0.2, -0.15) is 13.2 Å². The molecule has 0 saturated carbocycles. The first-order valence-corrected chi connectivity index (χ1v) is 9.91. The molecule has 0 amide bonds. The molecule has 2 aromatic carbocycles. The van der Waals surface area contributed by atoms with Crippen molar-refractivity contribution in [1.29, 1.82) is 0 Å². The highest BCUT2D eigenvalue weighted by Crippen LogP contribution is 2.18. The Morgan fingerprint density at radius 3 is 1.85 bits per heavy atom. The molecule has 144 valence electrons. The topological polar surface area (TPSA) is 27.7 Å². The fourth-order valence-electron chi connectivity index (χ4n) is 2.16. The lowest BCUT2D eigenvalue weighted by molar-refractivity contribution is -0.162. The van der Waals surface area contributed by atoms with Crippen LogP contribution in [-0.4, -0.2) is 35.8 Å². The van der Waals surface area contributed by atoms with Crippen molar-refractivity contribution in [1.82, 2.24) is 0 Å². The first-order valence-electron chi connectivity index (χ1n) is 8.18. The highest BCUT2D eigenvalue weighted by Gasteiger charge is 2.45. The third-order valence-corrected chi connectivity index (χ3v) is 6.26. The second-order valence-electron chi connectivity index (χ2n) is 5.57. The smallest absolute Gasteiger partial charge is 0.373 e. The third kappa shape index (κ3) is 7.29. The summed E-state index contributed by atoms with van der Waals surface area (Å²) in [6.45, 7) is 2.89. The zero-order valence-electron chi connectivity index (χ0n) is 15.5. The van der Waals surface area contributed by atoms with Crippen molar-refractivity contribution in [3.63, 3.8) is 0 Å². The van der Waals surface area contributed by atoms with E-state index in [0.717, 1.165) is 6.42 Å². The fraction of sp³-hybridized carbons (Fsp3) is 0.368. The van der Waals surface area contributed by atoms with Gasteiger partial charge in [0.2, 0.25) is 0 Å². The molecule has 26 heavy (non-hydrogen) atoms. The molecule has 0 aliphatic rings. The van der Waals surface area contributed by atoms with Crippen molar-refractivity contribution in [3.05, 3.63) is 65.7 Å². The Kier molecular flexibility index (Phi) is 9.01. The lowest BCUT2D eigenvalue weighted by Gasteiger charge is -2.26. The largest absolute Gasteiger partial charge is 0.536 e. The van der Waals surface area contributed by atoms with Crippen molar-refractivity contribution in [3.8, 4) is 0 Å². The van der Waals surface area contributed by atoms with E-state index in [1.165, 1.54) is 25.3 Å². The molecule has 0 aliphatic heterocycles. The molecule has 0 aliphatic carbocycles. The molecule has 0 unspecified atom stereocenters. The summed E-state index contributed by atoms with van der Waals surface area (Å²) in [4.78, 5) is 0. The molecule has 0 fully saturated rings. The summed E-state index contributed by atoms with van der Waals surface area (Å²) >= 11 is 0. The monoisotopic (exact) mass is 386 g/mol. The van der Waals surface area contributed by atoms with Crippen LogP contribution in [0.25, 0.3) is 0 Å². The second-order valence-corrected chi connectivity index (χ2v) is 8.37. The van der Waals surface area contributed by atoms with Crippen LogP contribution in [0.4, 0.5) is 13.2 Å². The van der Waals surface area contributed by atoms with Gasteiger partial charge in [0, 0.05) is 19.4 Å². The third-order valence-electron chi connectivity index (χ3n) is 3.62. The maximum Gasteiger partial charge on any atom is 0.536 e. The normalized spacial score (nSPS) is 11.7. The summed E-state index contributed by atoms with van der Waals surface area (Å²) in [5.41, 5.74) is 2.76. The van der Waals surface area contributed by atoms with Crippen molar-refractivity contribution >= 4 is 14.0 Å². The number of halogens is 3. The number of hydrogen-bond acceptors (Lipinski definition) is 3. The molecule has 0 spiro atoms. The Bertz CT molecular complexity index is 627. The van der Waals surface area contributed by atoms with Gasteiger partial charge in [-0.1, -0.05) is 67.1 Å². The number of benzene rings is 2.